The number of benzene rings is 1. The summed E-state index contributed by atoms with van der Waals surface area (Å²) in [7, 11) is 0. The van der Waals surface area contributed by atoms with E-state index in [0.717, 1.165) is 16.6 Å². The Morgan fingerprint density at radius 2 is 2.10 bits per heavy atom. The normalized spacial score (nSPS) is 20.5. The number of halogens is 3. The highest BCUT2D eigenvalue weighted by Crippen LogP contribution is 2.30. The molecule has 0 amide bonds. The van der Waals surface area contributed by atoms with Crippen LogP contribution in [-0.2, 0) is 0 Å². The minimum absolute atomic E-state index is 0.0116. The molecule has 1 aromatic heterocycles. The number of hydrogen-bond donors (Lipinski definition) is 1. The van der Waals surface area contributed by atoms with Gasteiger partial charge in [0.05, 0.1) is 11.4 Å². The van der Waals surface area contributed by atoms with Gasteiger partial charge in [-0.25, -0.2) is 0 Å². The van der Waals surface area contributed by atoms with Crippen molar-refractivity contribution in [1.82, 2.24) is 10.3 Å². The minimum atomic E-state index is -4.17. The van der Waals surface area contributed by atoms with Crippen molar-refractivity contribution in [3.63, 3.8) is 0 Å². The van der Waals surface area contributed by atoms with E-state index in [1.165, 1.54) is 0 Å². The van der Waals surface area contributed by atoms with E-state index in [-0.39, 0.29) is 13.1 Å². The number of nitrogens with zero attached hydrogens (tertiary/aromatic N) is 2. The molecular weight excluding hydrogens is 279 g/mol. The Morgan fingerprint density at radius 1 is 1.24 bits per heavy atom. The van der Waals surface area contributed by atoms with Crippen LogP contribution in [0.3, 0.4) is 0 Å². The van der Waals surface area contributed by atoms with E-state index in [1.54, 1.807) is 11.1 Å². The lowest BCUT2D eigenvalue weighted by molar-refractivity contribution is -0.169. The van der Waals surface area contributed by atoms with E-state index in [4.69, 9.17) is 0 Å². The van der Waals surface area contributed by atoms with Gasteiger partial charge in [0.15, 0.2) is 0 Å². The lowest BCUT2D eigenvalue weighted by Gasteiger charge is -2.27. The molecule has 1 unspecified atom stereocenters. The number of nitrogens with one attached hydrogen (secondary N) is 1. The van der Waals surface area contributed by atoms with Crippen LogP contribution in [0.1, 0.15) is 0 Å². The molecule has 1 aliphatic heterocycles. The number of alkyl halides is 3. The van der Waals surface area contributed by atoms with Crippen LogP contribution in [0.5, 0.6) is 0 Å². The van der Waals surface area contributed by atoms with Gasteiger partial charge in [0.25, 0.3) is 0 Å². The Kier molecular flexibility index (Phi) is 3.71. The summed E-state index contributed by atoms with van der Waals surface area (Å²) >= 11 is 0. The molecule has 1 atom stereocenters. The Labute approximate surface area is 120 Å². The van der Waals surface area contributed by atoms with Crippen molar-refractivity contribution >= 4 is 16.6 Å². The van der Waals surface area contributed by atoms with Gasteiger partial charge in [-0.1, -0.05) is 6.07 Å². The van der Waals surface area contributed by atoms with Crippen molar-refractivity contribution in [2.24, 2.45) is 5.92 Å². The van der Waals surface area contributed by atoms with Crippen LogP contribution in [-0.4, -0.2) is 37.3 Å². The maximum atomic E-state index is 13.0. The van der Waals surface area contributed by atoms with E-state index < -0.39 is 12.1 Å². The van der Waals surface area contributed by atoms with Crippen molar-refractivity contribution in [3.8, 4) is 0 Å². The molecule has 2 aromatic rings. The first-order chi connectivity index (χ1) is 10.0. The fourth-order valence-corrected chi connectivity index (χ4v) is 2.63. The van der Waals surface area contributed by atoms with Gasteiger partial charge in [0, 0.05) is 43.4 Å². The van der Waals surface area contributed by atoms with Crippen LogP contribution in [0.25, 0.3) is 10.9 Å². The van der Waals surface area contributed by atoms with Crippen LogP contribution < -0.4 is 10.2 Å². The van der Waals surface area contributed by atoms with E-state index in [9.17, 15) is 13.2 Å². The number of hydrogen-bond acceptors (Lipinski definition) is 3. The SMILES string of the molecule is FC(F)(F)C1CNCCN(c2ccc3ncccc3c2)C1. The first-order valence-corrected chi connectivity index (χ1v) is 6.91. The number of anilines is 1. The molecule has 3 rings (SSSR count). The highest BCUT2D eigenvalue weighted by atomic mass is 19.4. The minimum Gasteiger partial charge on any atom is -0.370 e. The molecule has 0 saturated carbocycles. The maximum Gasteiger partial charge on any atom is 0.394 e. The third-order valence-corrected chi connectivity index (χ3v) is 3.80. The summed E-state index contributed by atoms with van der Waals surface area (Å²) in [6.07, 6.45) is -2.47. The second-order valence-electron chi connectivity index (χ2n) is 5.27. The average molecular weight is 295 g/mol. The van der Waals surface area contributed by atoms with Gasteiger partial charge in [-0.15, -0.1) is 0 Å². The summed E-state index contributed by atoms with van der Waals surface area (Å²) in [5, 5.41) is 3.81. The molecule has 1 fully saturated rings. The first kappa shape index (κ1) is 14.1. The fraction of sp³-hybridized carbons (Fsp3) is 0.400. The molecule has 1 aliphatic rings. The summed E-state index contributed by atoms with van der Waals surface area (Å²) in [6, 6.07) is 9.35. The molecule has 0 aliphatic carbocycles. The molecule has 1 aromatic carbocycles. The van der Waals surface area contributed by atoms with Crippen molar-refractivity contribution in [3.05, 3.63) is 36.5 Å². The van der Waals surface area contributed by atoms with E-state index >= 15 is 0 Å². The summed E-state index contributed by atoms with van der Waals surface area (Å²) in [5.41, 5.74) is 1.66. The Bertz CT molecular complexity index is 627. The Hall–Kier alpha value is -1.82. The fourth-order valence-electron chi connectivity index (χ4n) is 2.63. The highest BCUT2D eigenvalue weighted by Gasteiger charge is 2.41. The largest absolute Gasteiger partial charge is 0.394 e. The van der Waals surface area contributed by atoms with E-state index in [1.807, 2.05) is 30.3 Å². The van der Waals surface area contributed by atoms with Gasteiger partial charge in [-0.2, -0.15) is 13.2 Å². The smallest absolute Gasteiger partial charge is 0.370 e. The van der Waals surface area contributed by atoms with Gasteiger partial charge in [-0.05, 0) is 24.3 Å². The molecule has 0 spiro atoms. The number of fused-ring (bicyclic) bond motifs is 1. The molecule has 0 radical (unpaired) electrons. The van der Waals surface area contributed by atoms with Gasteiger partial charge in [0.2, 0.25) is 0 Å². The average Bonchev–Trinajstić information content (AvgIpc) is 2.72. The zero-order valence-electron chi connectivity index (χ0n) is 11.4. The zero-order valence-corrected chi connectivity index (χ0v) is 11.4. The van der Waals surface area contributed by atoms with Crippen LogP contribution in [0.15, 0.2) is 36.5 Å². The molecule has 6 heteroatoms. The molecule has 3 nitrogen and oxygen atoms in total. The molecule has 0 bridgehead atoms. The van der Waals surface area contributed by atoms with Gasteiger partial charge >= 0.3 is 6.18 Å². The maximum absolute atomic E-state index is 13.0. The summed E-state index contributed by atoms with van der Waals surface area (Å²) in [5.74, 6) is -1.34. The van der Waals surface area contributed by atoms with Crippen molar-refractivity contribution in [1.29, 1.82) is 0 Å². The molecule has 1 N–H and O–H groups in total. The Balaban J connectivity index is 1.89. The van der Waals surface area contributed by atoms with Crippen molar-refractivity contribution in [2.75, 3.05) is 31.1 Å². The number of pyridine rings is 1. The predicted octanol–water partition coefficient (Wildman–Crippen LogP) is 2.82. The highest BCUT2D eigenvalue weighted by molar-refractivity contribution is 5.82. The van der Waals surface area contributed by atoms with E-state index in [0.29, 0.717) is 13.1 Å². The van der Waals surface area contributed by atoms with Crippen LogP contribution in [0, 0.1) is 5.92 Å². The van der Waals surface area contributed by atoms with E-state index in [2.05, 4.69) is 10.3 Å². The number of aromatic nitrogens is 1. The van der Waals surface area contributed by atoms with Gasteiger partial charge in [-0.3, -0.25) is 4.98 Å². The summed E-state index contributed by atoms with van der Waals surface area (Å²) < 4.78 is 39.0. The topological polar surface area (TPSA) is 28.2 Å². The molecule has 21 heavy (non-hydrogen) atoms. The van der Waals surface area contributed by atoms with Crippen LogP contribution >= 0.6 is 0 Å². The van der Waals surface area contributed by atoms with Crippen molar-refractivity contribution < 1.29 is 13.2 Å². The van der Waals surface area contributed by atoms with Gasteiger partial charge in [0.1, 0.15) is 0 Å². The Morgan fingerprint density at radius 3 is 2.90 bits per heavy atom. The first-order valence-electron chi connectivity index (χ1n) is 6.91. The molecule has 2 heterocycles. The zero-order chi connectivity index (χ0) is 14.9. The molecular formula is C15H16F3N3. The third kappa shape index (κ3) is 3.10. The molecule has 1 saturated heterocycles. The quantitative estimate of drug-likeness (QED) is 0.877. The van der Waals surface area contributed by atoms with Crippen molar-refractivity contribution in [2.45, 2.75) is 6.18 Å². The van der Waals surface area contributed by atoms with Crippen LogP contribution in [0.4, 0.5) is 18.9 Å². The van der Waals surface area contributed by atoms with Crippen LogP contribution in [0.2, 0.25) is 0 Å². The summed E-state index contributed by atoms with van der Waals surface area (Å²) in [4.78, 5) is 6.03. The predicted molar refractivity (Wildman–Crippen MR) is 76.4 cm³/mol. The second-order valence-corrected chi connectivity index (χ2v) is 5.27. The second kappa shape index (κ2) is 5.52. The number of rotatable bonds is 1. The van der Waals surface area contributed by atoms with Gasteiger partial charge < -0.3 is 10.2 Å². The standard InChI is InChI=1S/C15H16F3N3/c16-15(17,18)12-9-19-6-7-21(10-12)13-3-4-14-11(8-13)2-1-5-20-14/h1-5,8,12,19H,6-7,9-10H2. The summed E-state index contributed by atoms with van der Waals surface area (Å²) in [6.45, 7) is 1.09. The lowest BCUT2D eigenvalue weighted by atomic mass is 10.1. The molecule has 112 valence electrons. The lowest BCUT2D eigenvalue weighted by Crippen LogP contribution is -2.38. The third-order valence-electron chi connectivity index (χ3n) is 3.80. The monoisotopic (exact) mass is 295 g/mol.